The van der Waals surface area contributed by atoms with E-state index < -0.39 is 28.8 Å². The topological polar surface area (TPSA) is 66.1 Å². The Labute approximate surface area is 130 Å². The Kier molecular flexibility index (Phi) is 4.09. The van der Waals surface area contributed by atoms with E-state index in [2.05, 4.69) is 14.5 Å². The van der Waals surface area contributed by atoms with Crippen LogP contribution in [0.5, 0.6) is 0 Å². The predicted octanol–water partition coefficient (Wildman–Crippen LogP) is 2.87. The molecule has 0 aliphatic heterocycles. The number of aromatic nitrogens is 3. The molecule has 0 fully saturated rings. The molecule has 0 amide bonds. The van der Waals surface area contributed by atoms with Crippen LogP contribution in [0.1, 0.15) is 27.8 Å². The van der Waals surface area contributed by atoms with Crippen molar-refractivity contribution in [3.63, 3.8) is 0 Å². The molecule has 0 saturated heterocycles. The van der Waals surface area contributed by atoms with Gasteiger partial charge in [-0.15, -0.1) is 0 Å². The molecule has 9 heteroatoms. The first-order chi connectivity index (χ1) is 10.5. The molecular formula is C13H15F3N4OS. The van der Waals surface area contributed by atoms with Crippen molar-refractivity contribution in [3.8, 4) is 0 Å². The smallest absolute Gasteiger partial charge is 0.408 e. The molecule has 0 radical (unpaired) electrons. The molecular weight excluding hydrogens is 317 g/mol. The van der Waals surface area contributed by atoms with Crippen LogP contribution in [0.2, 0.25) is 0 Å². The lowest BCUT2D eigenvalue weighted by Crippen LogP contribution is -2.25. The molecule has 120 valence electrons. The van der Waals surface area contributed by atoms with Crippen molar-refractivity contribution in [1.29, 1.82) is 0 Å². The molecule has 2 rings (SSSR count). The molecule has 1 atom stereocenters. The molecule has 0 saturated carbocycles. The zero-order valence-electron chi connectivity index (χ0n) is 13.2. The Morgan fingerprint density at radius 2 is 2.09 bits per heavy atom. The average molecular weight is 333 g/mol. The second-order valence-corrected chi connectivity index (χ2v) is 7.52. The number of hydrogen-bond acceptors (Lipinski definition) is 4. The van der Waals surface area contributed by atoms with Crippen LogP contribution in [0.4, 0.5) is 13.2 Å². The molecule has 0 aliphatic carbocycles. The van der Waals surface area contributed by atoms with Crippen molar-refractivity contribution < 1.29 is 19.1 Å². The van der Waals surface area contributed by atoms with Gasteiger partial charge in [-0.1, -0.05) is 4.40 Å². The summed E-state index contributed by atoms with van der Waals surface area (Å²) < 4.78 is 61.0. The third-order valence-corrected chi connectivity index (χ3v) is 3.93. The summed E-state index contributed by atoms with van der Waals surface area (Å²) in [5.41, 5.74) is 0.331. The number of halogens is 3. The van der Waals surface area contributed by atoms with Crippen LogP contribution in [0, 0.1) is 0 Å². The van der Waals surface area contributed by atoms with E-state index >= 15 is 0 Å². The number of nitrogens with zero attached hydrogens (tertiary/aromatic N) is 4. The van der Waals surface area contributed by atoms with Crippen molar-refractivity contribution in [3.05, 3.63) is 24.2 Å². The van der Waals surface area contributed by atoms with Crippen molar-refractivity contribution in [1.82, 2.24) is 14.8 Å². The van der Waals surface area contributed by atoms with Gasteiger partial charge in [-0.2, -0.15) is 18.3 Å². The van der Waals surface area contributed by atoms with Gasteiger partial charge >= 0.3 is 6.18 Å². The second-order valence-electron chi connectivity index (χ2n) is 5.61. The van der Waals surface area contributed by atoms with Crippen molar-refractivity contribution in [2.45, 2.75) is 38.2 Å². The molecule has 5 nitrogen and oxygen atoms in total. The van der Waals surface area contributed by atoms with Gasteiger partial charge in [0.1, 0.15) is 28.8 Å². The van der Waals surface area contributed by atoms with Crippen LogP contribution in [-0.4, -0.2) is 36.4 Å². The fourth-order valence-corrected chi connectivity index (χ4v) is 2.01. The summed E-state index contributed by atoms with van der Waals surface area (Å²) in [5.74, 6) is 0. The van der Waals surface area contributed by atoms with Gasteiger partial charge in [-0.25, -0.2) is 0 Å². The summed E-state index contributed by atoms with van der Waals surface area (Å²) in [5, 5.41) is 4.08. The van der Waals surface area contributed by atoms with Crippen LogP contribution >= 0.6 is 0 Å². The summed E-state index contributed by atoms with van der Waals surface area (Å²) in [6.45, 7) is 3.94. The van der Waals surface area contributed by atoms with Crippen LogP contribution in [-0.2, 0) is 17.9 Å². The predicted molar refractivity (Wildman–Crippen MR) is 79.1 cm³/mol. The monoisotopic (exact) mass is 333 g/mol. The third-order valence-electron chi connectivity index (χ3n) is 2.62. The molecule has 2 heterocycles. The minimum atomic E-state index is -4.39. The Bertz CT molecular complexity index is 739. The minimum Gasteiger partial charge on any atom is -0.591 e. The van der Waals surface area contributed by atoms with Gasteiger partial charge < -0.3 is 4.55 Å². The highest BCUT2D eigenvalue weighted by Crippen LogP contribution is 2.21. The van der Waals surface area contributed by atoms with Gasteiger partial charge in [0.05, 0.1) is 25.0 Å². The first kappa shape index (κ1) is 15.3. The number of alkyl halides is 3. The highest BCUT2D eigenvalue weighted by Gasteiger charge is 2.29. The largest absolute Gasteiger partial charge is 0.591 e. The number of hydrogen-bond donors (Lipinski definition) is 0. The van der Waals surface area contributed by atoms with E-state index in [0.29, 0.717) is 5.39 Å². The van der Waals surface area contributed by atoms with E-state index in [1.54, 1.807) is 20.8 Å². The lowest BCUT2D eigenvalue weighted by Gasteiger charge is -2.17. The molecule has 2 aromatic rings. The quantitative estimate of drug-likeness (QED) is 0.641. The fourth-order valence-electron chi connectivity index (χ4n) is 1.56. The Morgan fingerprint density at radius 1 is 1.41 bits per heavy atom. The summed E-state index contributed by atoms with van der Waals surface area (Å²) in [7, 11) is 0. The molecule has 0 unspecified atom stereocenters. The maximum atomic E-state index is 12.4. The number of pyridine rings is 1. The van der Waals surface area contributed by atoms with Crippen molar-refractivity contribution >= 4 is 28.5 Å². The van der Waals surface area contributed by atoms with E-state index in [1.165, 1.54) is 18.5 Å². The van der Waals surface area contributed by atoms with E-state index in [-0.39, 0.29) is 17.4 Å². The highest BCUT2D eigenvalue weighted by molar-refractivity contribution is 7.91. The van der Waals surface area contributed by atoms with Gasteiger partial charge in [0, 0.05) is 5.39 Å². The lowest BCUT2D eigenvalue weighted by atomic mass is 10.3. The summed E-state index contributed by atoms with van der Waals surface area (Å²) in [4.78, 5) is 3.92. The van der Waals surface area contributed by atoms with Crippen LogP contribution in [0.15, 0.2) is 22.9 Å². The third kappa shape index (κ3) is 4.20. The van der Waals surface area contributed by atoms with E-state index in [4.69, 9.17) is 1.37 Å². The SMILES string of the molecule is [2H]/C(=N\[S@+]([O-])C(C)(C)C)c1cc2cnn(CC(F)(F)F)c2cn1. The maximum Gasteiger partial charge on any atom is 0.408 e. The fraction of sp³-hybridized carbons (Fsp3) is 0.462. The molecule has 0 spiro atoms. The van der Waals surface area contributed by atoms with Crippen molar-refractivity contribution in [2.24, 2.45) is 4.40 Å². The first-order valence-corrected chi connectivity index (χ1v) is 7.44. The Hall–Kier alpha value is -1.61. The molecule has 2 aromatic heterocycles. The first-order valence-electron chi connectivity index (χ1n) is 6.83. The average Bonchev–Trinajstić information content (AvgIpc) is 2.78. The number of fused-ring (bicyclic) bond motifs is 1. The lowest BCUT2D eigenvalue weighted by molar-refractivity contribution is -0.141. The molecule has 0 bridgehead atoms. The minimum absolute atomic E-state index is 0.127. The summed E-state index contributed by atoms with van der Waals surface area (Å²) in [6, 6.07) is 1.40. The summed E-state index contributed by atoms with van der Waals surface area (Å²) >= 11 is -1.62. The van der Waals surface area contributed by atoms with E-state index in [1.807, 2.05) is 0 Å². The Morgan fingerprint density at radius 3 is 2.68 bits per heavy atom. The standard InChI is InChI=1S/C13H15F3N4OS/c1-12(2,3)22(21)19-6-10-4-9-5-18-20(8-13(14,15)16)11(9)7-17-10/h4-7H,8H2,1-3H3/b19-6+/t22-/m1/s1/i6D. The Balaban J connectivity index is 2.33. The normalized spacial score (nSPS) is 16.0. The van der Waals surface area contributed by atoms with E-state index in [9.17, 15) is 17.7 Å². The molecule has 22 heavy (non-hydrogen) atoms. The summed E-state index contributed by atoms with van der Waals surface area (Å²) in [6.07, 6.45) is -2.21. The second kappa shape index (κ2) is 5.88. The van der Waals surface area contributed by atoms with E-state index in [0.717, 1.165) is 4.68 Å². The highest BCUT2D eigenvalue weighted by atomic mass is 32.2. The maximum absolute atomic E-state index is 12.4. The van der Waals surface area contributed by atoms with Crippen LogP contribution < -0.4 is 0 Å². The van der Waals surface area contributed by atoms with Gasteiger partial charge in [-0.3, -0.25) is 9.67 Å². The van der Waals surface area contributed by atoms with Gasteiger partial charge in [0.15, 0.2) is 0 Å². The molecule has 0 N–H and O–H groups in total. The van der Waals surface area contributed by atoms with Crippen LogP contribution in [0.3, 0.4) is 0 Å². The van der Waals surface area contributed by atoms with Crippen molar-refractivity contribution in [2.75, 3.05) is 0 Å². The molecule has 0 aromatic carbocycles. The number of rotatable bonds is 3. The van der Waals surface area contributed by atoms with Gasteiger partial charge in [0.2, 0.25) is 0 Å². The van der Waals surface area contributed by atoms with Gasteiger partial charge in [0.25, 0.3) is 0 Å². The van der Waals surface area contributed by atoms with Gasteiger partial charge in [-0.05, 0) is 26.8 Å². The zero-order chi connectivity index (χ0) is 17.4. The van der Waals surface area contributed by atoms with Crippen LogP contribution in [0.25, 0.3) is 10.9 Å². The zero-order valence-corrected chi connectivity index (χ0v) is 13.0. The molecule has 0 aliphatic rings.